The minimum Gasteiger partial charge on any atom is -0.489 e. The molecular weight excluding hydrogens is 294 g/mol. The van der Waals surface area contributed by atoms with E-state index in [1.165, 1.54) is 4.90 Å². The van der Waals surface area contributed by atoms with Gasteiger partial charge >= 0.3 is 0 Å². The number of nitrogens with zero attached hydrogens (tertiary/aromatic N) is 2. The summed E-state index contributed by atoms with van der Waals surface area (Å²) in [6, 6.07) is 3.19. The molecule has 0 atom stereocenters. The number of alkyl halides is 2. The SMILES string of the molecule is CN1C(=O)CCOc2ccc(C#CC3(O)CC(F)(F)C3)nc21. The number of anilines is 1. The number of carbonyl (C=O) groups is 1. The Morgan fingerprint density at radius 1 is 1.41 bits per heavy atom. The summed E-state index contributed by atoms with van der Waals surface area (Å²) in [5, 5.41) is 9.81. The van der Waals surface area contributed by atoms with E-state index in [0.29, 0.717) is 11.6 Å². The molecule has 1 aromatic heterocycles. The van der Waals surface area contributed by atoms with Gasteiger partial charge in [-0.05, 0) is 18.1 Å². The van der Waals surface area contributed by atoms with Crippen LogP contribution in [0.1, 0.15) is 25.0 Å². The standard InChI is InChI=1S/C15H14F2N2O3/c1-19-12(20)5-7-22-11-3-2-10(18-13(11)19)4-6-14(21)8-15(16,17)9-14/h2-3,21H,5,7-9H2,1H3. The second-order valence-corrected chi connectivity index (χ2v) is 5.56. The fraction of sp³-hybridized carbons (Fsp3) is 0.467. The fourth-order valence-corrected chi connectivity index (χ4v) is 2.47. The van der Waals surface area contributed by atoms with Crippen molar-refractivity contribution in [2.45, 2.75) is 30.8 Å². The molecule has 0 aromatic carbocycles. The minimum absolute atomic E-state index is 0.131. The van der Waals surface area contributed by atoms with Crippen LogP contribution in [0.3, 0.4) is 0 Å². The van der Waals surface area contributed by atoms with E-state index in [9.17, 15) is 18.7 Å². The molecule has 3 rings (SSSR count). The average Bonchev–Trinajstić information content (AvgIpc) is 2.55. The van der Waals surface area contributed by atoms with Crippen LogP contribution in [-0.2, 0) is 4.79 Å². The zero-order chi connectivity index (χ0) is 16.0. The van der Waals surface area contributed by atoms with Gasteiger partial charge in [0.25, 0.3) is 5.92 Å². The predicted molar refractivity (Wildman–Crippen MR) is 73.8 cm³/mol. The van der Waals surface area contributed by atoms with E-state index in [-0.39, 0.29) is 24.6 Å². The van der Waals surface area contributed by atoms with E-state index < -0.39 is 24.4 Å². The van der Waals surface area contributed by atoms with Crippen LogP contribution in [0.4, 0.5) is 14.6 Å². The van der Waals surface area contributed by atoms with Crippen molar-refractivity contribution in [1.82, 2.24) is 4.98 Å². The molecule has 1 saturated carbocycles. The lowest BCUT2D eigenvalue weighted by Crippen LogP contribution is -2.50. The Hall–Kier alpha value is -2.20. The predicted octanol–water partition coefficient (Wildman–Crippen LogP) is 1.34. The minimum atomic E-state index is -2.86. The van der Waals surface area contributed by atoms with E-state index in [1.807, 2.05) is 0 Å². The van der Waals surface area contributed by atoms with E-state index >= 15 is 0 Å². The molecule has 1 amide bonds. The van der Waals surface area contributed by atoms with Crippen LogP contribution in [0.2, 0.25) is 0 Å². The van der Waals surface area contributed by atoms with E-state index in [1.54, 1.807) is 19.2 Å². The number of rotatable bonds is 0. The van der Waals surface area contributed by atoms with Crippen molar-refractivity contribution in [2.24, 2.45) is 0 Å². The molecule has 0 saturated heterocycles. The first-order valence-corrected chi connectivity index (χ1v) is 6.82. The normalized spacial score (nSPS) is 21.6. The lowest BCUT2D eigenvalue weighted by Gasteiger charge is -2.39. The summed E-state index contributed by atoms with van der Waals surface area (Å²) in [6.45, 7) is 0.276. The molecule has 2 aliphatic rings. The second-order valence-electron chi connectivity index (χ2n) is 5.56. The molecule has 5 nitrogen and oxygen atoms in total. The van der Waals surface area contributed by atoms with Crippen molar-refractivity contribution >= 4 is 11.7 Å². The van der Waals surface area contributed by atoms with Crippen molar-refractivity contribution in [3.05, 3.63) is 17.8 Å². The maximum Gasteiger partial charge on any atom is 0.255 e. The van der Waals surface area contributed by atoms with Crippen molar-refractivity contribution in [2.75, 3.05) is 18.6 Å². The quantitative estimate of drug-likeness (QED) is 0.735. The fourth-order valence-electron chi connectivity index (χ4n) is 2.47. The molecule has 0 bridgehead atoms. The van der Waals surface area contributed by atoms with Crippen LogP contribution in [0.15, 0.2) is 12.1 Å². The molecule has 0 spiro atoms. The first kappa shape index (κ1) is 14.7. The first-order valence-electron chi connectivity index (χ1n) is 6.82. The van der Waals surface area contributed by atoms with E-state index in [2.05, 4.69) is 16.8 Å². The number of ether oxygens (including phenoxy) is 1. The monoisotopic (exact) mass is 308 g/mol. The molecule has 1 aromatic rings. The Balaban J connectivity index is 1.86. The van der Waals surface area contributed by atoms with Gasteiger partial charge in [0, 0.05) is 7.05 Å². The van der Waals surface area contributed by atoms with Gasteiger partial charge in [0.15, 0.2) is 11.6 Å². The topological polar surface area (TPSA) is 62.7 Å². The third kappa shape index (κ3) is 2.74. The third-order valence-electron chi connectivity index (χ3n) is 3.63. The Morgan fingerprint density at radius 2 is 2.14 bits per heavy atom. The summed E-state index contributed by atoms with van der Waals surface area (Å²) >= 11 is 0. The summed E-state index contributed by atoms with van der Waals surface area (Å²) in [5.74, 6) is 2.84. The van der Waals surface area contributed by atoms with Gasteiger partial charge in [-0.1, -0.05) is 5.92 Å². The largest absolute Gasteiger partial charge is 0.489 e. The van der Waals surface area contributed by atoms with Crippen molar-refractivity contribution in [3.63, 3.8) is 0 Å². The molecule has 7 heteroatoms. The van der Waals surface area contributed by atoms with Crippen LogP contribution >= 0.6 is 0 Å². The van der Waals surface area contributed by atoms with Gasteiger partial charge in [0.2, 0.25) is 5.91 Å². The van der Waals surface area contributed by atoms with Crippen LogP contribution in [0.5, 0.6) is 5.75 Å². The van der Waals surface area contributed by atoms with Crippen molar-refractivity contribution < 1.29 is 23.4 Å². The molecule has 1 aliphatic heterocycles. The summed E-state index contributed by atoms with van der Waals surface area (Å²) in [7, 11) is 1.58. The lowest BCUT2D eigenvalue weighted by atomic mass is 9.77. The number of fused-ring (bicyclic) bond motifs is 1. The Kier molecular flexibility index (Phi) is 3.29. The number of hydrogen-bond acceptors (Lipinski definition) is 4. The Bertz CT molecular complexity index is 686. The summed E-state index contributed by atoms with van der Waals surface area (Å²) in [4.78, 5) is 17.4. The maximum atomic E-state index is 12.8. The van der Waals surface area contributed by atoms with Crippen LogP contribution in [-0.4, -0.2) is 41.2 Å². The highest BCUT2D eigenvalue weighted by atomic mass is 19.3. The zero-order valence-electron chi connectivity index (χ0n) is 11.9. The first-order chi connectivity index (χ1) is 10.3. The van der Waals surface area contributed by atoms with Gasteiger partial charge in [-0.15, -0.1) is 0 Å². The average molecular weight is 308 g/mol. The van der Waals surface area contributed by atoms with E-state index in [0.717, 1.165) is 0 Å². The smallest absolute Gasteiger partial charge is 0.255 e. The number of carbonyl (C=O) groups excluding carboxylic acids is 1. The van der Waals surface area contributed by atoms with Gasteiger partial charge in [-0.3, -0.25) is 9.69 Å². The molecule has 22 heavy (non-hydrogen) atoms. The number of hydrogen-bond donors (Lipinski definition) is 1. The number of aromatic nitrogens is 1. The zero-order valence-corrected chi connectivity index (χ0v) is 11.9. The summed E-state index contributed by atoms with van der Waals surface area (Å²) in [5.41, 5.74) is -1.39. The Labute approximate surface area is 125 Å². The number of pyridine rings is 1. The van der Waals surface area contributed by atoms with Gasteiger partial charge in [0.05, 0.1) is 25.9 Å². The van der Waals surface area contributed by atoms with Crippen molar-refractivity contribution in [3.8, 4) is 17.6 Å². The van der Waals surface area contributed by atoms with Gasteiger partial charge in [-0.2, -0.15) is 0 Å². The van der Waals surface area contributed by atoms with Crippen LogP contribution in [0, 0.1) is 11.8 Å². The highest BCUT2D eigenvalue weighted by molar-refractivity contribution is 5.93. The number of amides is 1. The molecule has 116 valence electrons. The summed E-state index contributed by atoms with van der Waals surface area (Å²) in [6.07, 6.45) is -1.08. The lowest BCUT2D eigenvalue weighted by molar-refractivity contribution is -0.176. The summed E-state index contributed by atoms with van der Waals surface area (Å²) < 4.78 is 31.1. The van der Waals surface area contributed by atoms with Crippen LogP contribution < -0.4 is 9.64 Å². The molecular formula is C15H14F2N2O3. The van der Waals surface area contributed by atoms with Gasteiger partial charge in [0.1, 0.15) is 11.3 Å². The Morgan fingerprint density at radius 3 is 2.82 bits per heavy atom. The van der Waals surface area contributed by atoms with Crippen LogP contribution in [0.25, 0.3) is 0 Å². The molecule has 1 N–H and O–H groups in total. The van der Waals surface area contributed by atoms with Gasteiger partial charge in [-0.25, -0.2) is 13.8 Å². The van der Waals surface area contributed by atoms with E-state index in [4.69, 9.17) is 4.74 Å². The highest BCUT2D eigenvalue weighted by Gasteiger charge is 2.55. The maximum absolute atomic E-state index is 12.8. The molecule has 2 heterocycles. The molecule has 0 unspecified atom stereocenters. The molecule has 0 radical (unpaired) electrons. The number of aliphatic hydroxyl groups is 1. The molecule has 1 aliphatic carbocycles. The number of halogens is 2. The highest BCUT2D eigenvalue weighted by Crippen LogP contribution is 2.45. The third-order valence-corrected chi connectivity index (χ3v) is 3.63. The van der Waals surface area contributed by atoms with Gasteiger partial charge < -0.3 is 9.84 Å². The molecule has 1 fully saturated rings. The van der Waals surface area contributed by atoms with Crippen molar-refractivity contribution in [1.29, 1.82) is 0 Å². The second kappa shape index (κ2) is 4.92.